The SMILES string of the molecule is CS(=O)(=O)N1CCC[C@H]2CCCC[C@H]21. The van der Waals surface area contributed by atoms with Crippen LogP contribution in [-0.4, -0.2) is 31.6 Å². The molecule has 1 aliphatic heterocycles. The number of hydrogen-bond donors (Lipinski definition) is 0. The fraction of sp³-hybridized carbons (Fsp3) is 1.00. The van der Waals surface area contributed by atoms with Gasteiger partial charge in [0.2, 0.25) is 10.0 Å². The monoisotopic (exact) mass is 217 g/mol. The molecule has 2 fully saturated rings. The van der Waals surface area contributed by atoms with E-state index in [1.165, 1.54) is 31.9 Å². The van der Waals surface area contributed by atoms with Gasteiger partial charge in [-0.1, -0.05) is 12.8 Å². The van der Waals surface area contributed by atoms with Crippen molar-refractivity contribution in [1.82, 2.24) is 4.31 Å². The molecule has 0 aromatic heterocycles. The molecule has 1 heterocycles. The average Bonchev–Trinajstić information content (AvgIpc) is 2.15. The molecule has 1 saturated carbocycles. The maximum atomic E-state index is 11.6. The minimum atomic E-state index is -2.96. The van der Waals surface area contributed by atoms with Gasteiger partial charge in [-0.15, -0.1) is 0 Å². The van der Waals surface area contributed by atoms with Crippen molar-refractivity contribution in [3.63, 3.8) is 0 Å². The maximum Gasteiger partial charge on any atom is 0.211 e. The molecule has 0 bridgehead atoms. The van der Waals surface area contributed by atoms with E-state index in [1.54, 1.807) is 4.31 Å². The van der Waals surface area contributed by atoms with E-state index in [4.69, 9.17) is 0 Å². The lowest BCUT2D eigenvalue weighted by molar-refractivity contribution is 0.130. The van der Waals surface area contributed by atoms with Crippen LogP contribution in [0.2, 0.25) is 0 Å². The van der Waals surface area contributed by atoms with E-state index in [-0.39, 0.29) is 0 Å². The molecule has 0 aromatic rings. The predicted octanol–water partition coefficient (Wildman–Crippen LogP) is 1.60. The first-order valence-electron chi connectivity index (χ1n) is 5.56. The van der Waals surface area contributed by atoms with E-state index in [0.29, 0.717) is 12.0 Å². The van der Waals surface area contributed by atoms with Crippen LogP contribution in [0.5, 0.6) is 0 Å². The zero-order valence-corrected chi connectivity index (χ0v) is 9.59. The molecule has 2 rings (SSSR count). The Morgan fingerprint density at radius 1 is 1.07 bits per heavy atom. The summed E-state index contributed by atoms with van der Waals surface area (Å²) in [6.07, 6.45) is 8.44. The highest BCUT2D eigenvalue weighted by Gasteiger charge is 2.37. The molecule has 2 atom stereocenters. The van der Waals surface area contributed by atoms with Crippen molar-refractivity contribution in [2.45, 2.75) is 44.6 Å². The highest BCUT2D eigenvalue weighted by Crippen LogP contribution is 2.36. The Morgan fingerprint density at radius 3 is 2.43 bits per heavy atom. The molecule has 0 amide bonds. The minimum absolute atomic E-state index is 0.326. The van der Waals surface area contributed by atoms with Gasteiger partial charge < -0.3 is 0 Å². The average molecular weight is 217 g/mol. The van der Waals surface area contributed by atoms with Crippen molar-refractivity contribution >= 4 is 10.0 Å². The van der Waals surface area contributed by atoms with Crippen LogP contribution < -0.4 is 0 Å². The molecule has 0 aromatic carbocycles. The first-order chi connectivity index (χ1) is 6.59. The molecular formula is C10H19NO2S. The van der Waals surface area contributed by atoms with Gasteiger partial charge in [0.1, 0.15) is 0 Å². The zero-order valence-electron chi connectivity index (χ0n) is 8.78. The molecule has 82 valence electrons. The summed E-state index contributed by atoms with van der Waals surface area (Å²) in [5.74, 6) is 0.646. The molecule has 4 heteroatoms. The molecule has 0 N–H and O–H groups in total. The third kappa shape index (κ3) is 1.96. The standard InChI is InChI=1S/C10H19NO2S/c1-14(12,13)11-8-4-6-9-5-2-3-7-10(9)11/h9-10H,2-8H2,1H3/t9-,10-/m1/s1. The smallest absolute Gasteiger partial charge is 0.211 e. The Labute approximate surface area is 86.5 Å². The van der Waals surface area contributed by atoms with Gasteiger partial charge in [-0.25, -0.2) is 8.42 Å². The normalized spacial score (nSPS) is 35.2. The first kappa shape index (κ1) is 10.4. The molecule has 1 aliphatic carbocycles. The lowest BCUT2D eigenvalue weighted by Crippen LogP contribution is -2.49. The predicted molar refractivity (Wildman–Crippen MR) is 56.5 cm³/mol. The van der Waals surface area contributed by atoms with E-state index in [9.17, 15) is 8.42 Å². The van der Waals surface area contributed by atoms with E-state index in [1.807, 2.05) is 0 Å². The molecule has 0 spiro atoms. The Kier molecular flexibility index (Phi) is 2.84. The summed E-state index contributed by atoms with van der Waals surface area (Å²) in [5, 5.41) is 0. The Morgan fingerprint density at radius 2 is 1.71 bits per heavy atom. The van der Waals surface area contributed by atoms with Crippen molar-refractivity contribution in [3.8, 4) is 0 Å². The van der Waals surface area contributed by atoms with Crippen LogP contribution >= 0.6 is 0 Å². The highest BCUT2D eigenvalue weighted by molar-refractivity contribution is 7.88. The van der Waals surface area contributed by atoms with Gasteiger partial charge in [0.15, 0.2) is 0 Å². The molecule has 0 radical (unpaired) electrons. The van der Waals surface area contributed by atoms with Gasteiger partial charge in [0.05, 0.1) is 6.26 Å². The third-order valence-corrected chi connectivity index (χ3v) is 4.92. The second-order valence-electron chi connectivity index (χ2n) is 4.63. The van der Waals surface area contributed by atoms with Crippen molar-refractivity contribution in [2.75, 3.05) is 12.8 Å². The molecular weight excluding hydrogens is 198 g/mol. The van der Waals surface area contributed by atoms with E-state index < -0.39 is 10.0 Å². The summed E-state index contributed by atoms with van der Waals surface area (Å²) >= 11 is 0. The van der Waals surface area contributed by atoms with Gasteiger partial charge in [0, 0.05) is 12.6 Å². The van der Waals surface area contributed by atoms with Crippen molar-refractivity contribution in [1.29, 1.82) is 0 Å². The Hall–Kier alpha value is -0.0900. The van der Waals surface area contributed by atoms with Gasteiger partial charge in [0.25, 0.3) is 0 Å². The number of nitrogens with zero attached hydrogens (tertiary/aromatic N) is 1. The summed E-state index contributed by atoms with van der Waals surface area (Å²) < 4.78 is 24.9. The molecule has 2 aliphatic rings. The van der Waals surface area contributed by atoms with Crippen LogP contribution in [0.25, 0.3) is 0 Å². The molecule has 1 saturated heterocycles. The highest BCUT2D eigenvalue weighted by atomic mass is 32.2. The number of fused-ring (bicyclic) bond motifs is 1. The summed E-state index contributed by atoms with van der Waals surface area (Å²) in [5.41, 5.74) is 0. The quantitative estimate of drug-likeness (QED) is 0.669. The number of hydrogen-bond acceptors (Lipinski definition) is 2. The summed E-state index contributed by atoms with van der Waals surface area (Å²) in [4.78, 5) is 0. The third-order valence-electron chi connectivity index (χ3n) is 3.62. The van der Waals surface area contributed by atoms with Crippen molar-refractivity contribution in [3.05, 3.63) is 0 Å². The van der Waals surface area contributed by atoms with Gasteiger partial charge in [-0.2, -0.15) is 4.31 Å². The van der Waals surface area contributed by atoms with Crippen molar-refractivity contribution < 1.29 is 8.42 Å². The fourth-order valence-corrected chi connectivity index (χ4v) is 4.22. The number of piperidine rings is 1. The lowest BCUT2D eigenvalue weighted by Gasteiger charge is -2.42. The van der Waals surface area contributed by atoms with Gasteiger partial charge in [-0.3, -0.25) is 0 Å². The van der Waals surface area contributed by atoms with Crippen LogP contribution in [-0.2, 0) is 10.0 Å². The first-order valence-corrected chi connectivity index (χ1v) is 7.40. The maximum absolute atomic E-state index is 11.6. The molecule has 14 heavy (non-hydrogen) atoms. The van der Waals surface area contributed by atoms with Crippen LogP contribution in [0.4, 0.5) is 0 Å². The van der Waals surface area contributed by atoms with Crippen LogP contribution in [0.1, 0.15) is 38.5 Å². The van der Waals surface area contributed by atoms with E-state index in [2.05, 4.69) is 0 Å². The largest absolute Gasteiger partial charge is 0.212 e. The second-order valence-corrected chi connectivity index (χ2v) is 6.56. The Bertz CT molecular complexity index is 297. The summed E-state index contributed by atoms with van der Waals surface area (Å²) in [6, 6.07) is 0.326. The van der Waals surface area contributed by atoms with Crippen LogP contribution in [0.3, 0.4) is 0 Å². The summed E-state index contributed by atoms with van der Waals surface area (Å²) in [7, 11) is -2.96. The van der Waals surface area contributed by atoms with E-state index in [0.717, 1.165) is 19.4 Å². The fourth-order valence-electron chi connectivity index (χ4n) is 2.99. The zero-order chi connectivity index (χ0) is 10.2. The topological polar surface area (TPSA) is 37.4 Å². The lowest BCUT2D eigenvalue weighted by atomic mass is 9.79. The molecule has 0 unspecified atom stereocenters. The minimum Gasteiger partial charge on any atom is -0.212 e. The number of rotatable bonds is 1. The summed E-state index contributed by atoms with van der Waals surface area (Å²) in [6.45, 7) is 0.750. The second kappa shape index (κ2) is 3.81. The number of sulfonamides is 1. The van der Waals surface area contributed by atoms with Crippen LogP contribution in [0.15, 0.2) is 0 Å². The van der Waals surface area contributed by atoms with Crippen molar-refractivity contribution in [2.24, 2.45) is 5.92 Å². The van der Waals surface area contributed by atoms with Crippen LogP contribution in [0, 0.1) is 5.92 Å². The van der Waals surface area contributed by atoms with E-state index >= 15 is 0 Å². The molecule has 3 nitrogen and oxygen atoms in total. The van der Waals surface area contributed by atoms with Gasteiger partial charge in [-0.05, 0) is 31.6 Å². The van der Waals surface area contributed by atoms with Gasteiger partial charge >= 0.3 is 0 Å². The Balaban J connectivity index is 2.17.